The van der Waals surface area contributed by atoms with E-state index in [9.17, 15) is 0 Å². The van der Waals surface area contributed by atoms with E-state index in [1.807, 2.05) is 18.2 Å². The molecule has 0 amide bonds. The molecule has 0 heterocycles. The monoisotopic (exact) mass is 199 g/mol. The number of hydrogen-bond donors (Lipinski definition) is 3. The topological polar surface area (TPSA) is 63.9 Å². The third-order valence-electron chi connectivity index (χ3n) is 1.16. The molecule has 0 aromatic heterocycles. The Bertz CT molecular complexity index is 136. The highest BCUT2D eigenvalue weighted by Gasteiger charge is 1.94. The molecule has 0 saturated carbocycles. The smallest absolute Gasteiger partial charge is 0.402 e. The first-order valence-electron chi connectivity index (χ1n) is 4.17. The zero-order valence-electron chi connectivity index (χ0n) is 8.34. The van der Waals surface area contributed by atoms with E-state index in [4.69, 9.17) is 15.1 Å². The molecule has 0 fully saturated rings. The third-order valence-corrected chi connectivity index (χ3v) is 1.16. The van der Waals surface area contributed by atoms with Gasteiger partial charge in [-0.2, -0.15) is 0 Å². The number of hydrogen-bond acceptors (Lipinski definition) is 4. The van der Waals surface area contributed by atoms with Gasteiger partial charge in [-0.25, -0.2) is 0 Å². The second-order valence-electron chi connectivity index (χ2n) is 2.43. The molecule has 0 aromatic rings. The first-order valence-corrected chi connectivity index (χ1v) is 4.17. The van der Waals surface area contributed by atoms with Crippen LogP contribution >= 0.6 is 0 Å². The maximum absolute atomic E-state index is 7.17. The molecule has 3 N–H and O–H groups in total. The summed E-state index contributed by atoms with van der Waals surface area (Å²) >= 11 is 0. The molecule has 0 aliphatic rings. The Morgan fingerprint density at radius 1 is 0.857 bits per heavy atom. The number of rotatable bonds is 6. The summed E-state index contributed by atoms with van der Waals surface area (Å²) in [6.45, 7) is 13.7. The average Bonchev–Trinajstić information content (AvgIpc) is 2.04. The van der Waals surface area contributed by atoms with Crippen molar-refractivity contribution in [3.63, 3.8) is 0 Å². The predicted octanol–water partition coefficient (Wildman–Crippen LogP) is -0.205. The second kappa shape index (κ2) is 12.1. The van der Waals surface area contributed by atoms with Gasteiger partial charge in [0.1, 0.15) is 0 Å². The minimum Gasteiger partial charge on any atom is -0.402 e. The van der Waals surface area contributed by atoms with Crippen molar-refractivity contribution < 1.29 is 15.1 Å². The molecular weight excluding hydrogens is 181 g/mol. The van der Waals surface area contributed by atoms with Crippen LogP contribution in [0.5, 0.6) is 0 Å². The summed E-state index contributed by atoms with van der Waals surface area (Å²) in [4.78, 5) is 2.19. The zero-order valence-corrected chi connectivity index (χ0v) is 8.34. The maximum atomic E-state index is 7.17. The van der Waals surface area contributed by atoms with Crippen LogP contribution in [0.2, 0.25) is 0 Å². The first kappa shape index (κ1) is 15.6. The van der Waals surface area contributed by atoms with Gasteiger partial charge in [0.05, 0.1) is 0 Å². The normalized spacial score (nSPS) is 8.57. The number of nitrogens with zero attached hydrogens (tertiary/aromatic N) is 1. The molecule has 14 heavy (non-hydrogen) atoms. The summed E-state index contributed by atoms with van der Waals surface area (Å²) in [5.74, 6) is 0. The highest BCUT2D eigenvalue weighted by Crippen LogP contribution is 1.88. The molecule has 0 radical (unpaired) electrons. The van der Waals surface area contributed by atoms with Crippen LogP contribution < -0.4 is 0 Å². The molecule has 5 heteroatoms. The molecule has 0 bridgehead atoms. The lowest BCUT2D eigenvalue weighted by Gasteiger charge is -2.15. The van der Waals surface area contributed by atoms with Crippen molar-refractivity contribution in [2.75, 3.05) is 19.6 Å². The summed E-state index contributed by atoms with van der Waals surface area (Å²) in [7, 11) is -2.17. The molecule has 0 spiro atoms. The van der Waals surface area contributed by atoms with Gasteiger partial charge in [-0.3, -0.25) is 4.90 Å². The highest BCUT2D eigenvalue weighted by atomic mass is 16.5. The van der Waals surface area contributed by atoms with Crippen LogP contribution in [-0.2, 0) is 0 Å². The van der Waals surface area contributed by atoms with Crippen LogP contribution in [-0.4, -0.2) is 46.9 Å². The van der Waals surface area contributed by atoms with Gasteiger partial charge in [0.25, 0.3) is 0 Å². The van der Waals surface area contributed by atoms with Crippen molar-refractivity contribution in [3.05, 3.63) is 38.0 Å². The van der Waals surface area contributed by atoms with Gasteiger partial charge in [-0.15, -0.1) is 19.7 Å². The summed E-state index contributed by atoms with van der Waals surface area (Å²) in [6.07, 6.45) is 5.65. The third kappa shape index (κ3) is 17.3. The van der Waals surface area contributed by atoms with E-state index in [0.717, 1.165) is 19.6 Å². The highest BCUT2D eigenvalue weighted by molar-refractivity contribution is 6.30. The molecule has 4 nitrogen and oxygen atoms in total. The van der Waals surface area contributed by atoms with Gasteiger partial charge in [-0.05, 0) is 0 Å². The maximum Gasteiger partial charge on any atom is 0.631 e. The Morgan fingerprint density at radius 2 is 1.07 bits per heavy atom. The fourth-order valence-electron chi connectivity index (χ4n) is 0.771. The molecule has 0 rings (SSSR count). The Balaban J connectivity index is 0. The fourth-order valence-corrected chi connectivity index (χ4v) is 0.771. The summed E-state index contributed by atoms with van der Waals surface area (Å²) < 4.78 is 0. The van der Waals surface area contributed by atoms with E-state index in [2.05, 4.69) is 24.6 Å². The van der Waals surface area contributed by atoms with Crippen LogP contribution in [0.4, 0.5) is 0 Å². The van der Waals surface area contributed by atoms with Gasteiger partial charge in [0.15, 0.2) is 0 Å². The van der Waals surface area contributed by atoms with E-state index in [1.165, 1.54) is 0 Å². The van der Waals surface area contributed by atoms with Crippen molar-refractivity contribution in [1.82, 2.24) is 4.90 Å². The Kier molecular flexibility index (Phi) is 13.5. The van der Waals surface area contributed by atoms with E-state index in [0.29, 0.717) is 0 Å². The van der Waals surface area contributed by atoms with Gasteiger partial charge < -0.3 is 15.1 Å². The fraction of sp³-hybridized carbons (Fsp3) is 0.333. The summed E-state index contributed by atoms with van der Waals surface area (Å²) in [6, 6.07) is 0. The molecule has 0 aromatic carbocycles. The molecule has 80 valence electrons. The zero-order chi connectivity index (χ0) is 11.4. The summed E-state index contributed by atoms with van der Waals surface area (Å²) in [5.41, 5.74) is 0. The van der Waals surface area contributed by atoms with Crippen LogP contribution in [0.25, 0.3) is 0 Å². The Morgan fingerprint density at radius 3 is 1.21 bits per heavy atom. The quantitative estimate of drug-likeness (QED) is 0.409. The van der Waals surface area contributed by atoms with Crippen molar-refractivity contribution in [1.29, 1.82) is 0 Å². The minimum atomic E-state index is -2.17. The lowest BCUT2D eigenvalue weighted by molar-refractivity contribution is 0.278. The SMILES string of the molecule is C=CCN(CC=C)CC=C.OB(O)O. The molecule has 0 unspecified atom stereocenters. The average molecular weight is 199 g/mol. The van der Waals surface area contributed by atoms with Gasteiger partial charge in [0.2, 0.25) is 0 Å². The van der Waals surface area contributed by atoms with E-state index in [-0.39, 0.29) is 0 Å². The van der Waals surface area contributed by atoms with Crippen molar-refractivity contribution in [3.8, 4) is 0 Å². The Labute approximate surface area is 85.7 Å². The first-order chi connectivity index (χ1) is 6.58. The van der Waals surface area contributed by atoms with Crippen LogP contribution in [0.15, 0.2) is 38.0 Å². The van der Waals surface area contributed by atoms with Gasteiger partial charge >= 0.3 is 7.32 Å². The second-order valence-corrected chi connectivity index (χ2v) is 2.43. The molecule has 0 aliphatic heterocycles. The van der Waals surface area contributed by atoms with Gasteiger partial charge in [0, 0.05) is 19.6 Å². The van der Waals surface area contributed by atoms with Crippen molar-refractivity contribution in [2.45, 2.75) is 0 Å². The molecule has 0 saturated heterocycles. The van der Waals surface area contributed by atoms with Crippen molar-refractivity contribution >= 4 is 7.32 Å². The predicted molar refractivity (Wildman–Crippen MR) is 59.4 cm³/mol. The van der Waals surface area contributed by atoms with E-state index >= 15 is 0 Å². The lowest BCUT2D eigenvalue weighted by Crippen LogP contribution is -2.23. The largest absolute Gasteiger partial charge is 0.631 e. The van der Waals surface area contributed by atoms with Crippen molar-refractivity contribution in [2.24, 2.45) is 0 Å². The van der Waals surface area contributed by atoms with Crippen LogP contribution in [0, 0.1) is 0 Å². The summed E-state index contributed by atoms with van der Waals surface area (Å²) in [5, 5.41) is 21.5. The molecular formula is C9H18BNO3. The van der Waals surface area contributed by atoms with Crippen LogP contribution in [0.3, 0.4) is 0 Å². The Hall–Kier alpha value is -0.875. The molecule has 0 aliphatic carbocycles. The minimum absolute atomic E-state index is 0.901. The molecule has 0 atom stereocenters. The lowest BCUT2D eigenvalue weighted by atomic mass is 10.3. The van der Waals surface area contributed by atoms with Crippen LogP contribution in [0.1, 0.15) is 0 Å². The standard InChI is InChI=1S/C9H15N.BH3O3/c1-4-7-10(8-5-2)9-6-3;2-1(3)4/h4-6H,1-3,7-9H2;2-4H. The van der Waals surface area contributed by atoms with E-state index < -0.39 is 7.32 Å². The van der Waals surface area contributed by atoms with Gasteiger partial charge in [-0.1, -0.05) is 18.2 Å². The van der Waals surface area contributed by atoms with E-state index in [1.54, 1.807) is 0 Å².